The molecule has 3 N–H and O–H groups in total. The number of anilines is 3. The van der Waals surface area contributed by atoms with E-state index in [4.69, 9.17) is 0 Å². The van der Waals surface area contributed by atoms with Crippen molar-refractivity contribution in [3.05, 3.63) is 48.2 Å². The second-order valence-corrected chi connectivity index (χ2v) is 5.43. The second kappa shape index (κ2) is 8.67. The summed E-state index contributed by atoms with van der Waals surface area (Å²) in [6.45, 7) is 4.39. The Morgan fingerprint density at radius 3 is 2.54 bits per heavy atom. The molecule has 1 heterocycles. The summed E-state index contributed by atoms with van der Waals surface area (Å²) in [4.78, 5) is 27.7. The molecule has 0 bridgehead atoms. The number of aromatic nitrogens is 1. The number of carbonyl (C=O) groups is 2. The van der Waals surface area contributed by atoms with Crippen LogP contribution in [0.1, 0.15) is 37.0 Å². The van der Waals surface area contributed by atoms with E-state index in [0.29, 0.717) is 22.8 Å². The standard InChI is InChI=1S/C18H22N4O2/c1-3-4-9-19-17-11-14(8-10-20-17)18(24)22-16-7-5-6-15(12-16)21-13(2)23/h5-8,10-12H,3-4,9H2,1-2H3,(H,19,20)(H,21,23)(H,22,24). The lowest BCUT2D eigenvalue weighted by Gasteiger charge is -2.09. The third-order valence-corrected chi connectivity index (χ3v) is 3.30. The first kappa shape index (κ1) is 17.5. The summed E-state index contributed by atoms with van der Waals surface area (Å²) in [7, 11) is 0. The fourth-order valence-corrected chi connectivity index (χ4v) is 2.14. The highest BCUT2D eigenvalue weighted by Gasteiger charge is 2.08. The van der Waals surface area contributed by atoms with E-state index in [-0.39, 0.29) is 11.8 Å². The molecule has 24 heavy (non-hydrogen) atoms. The number of hydrogen-bond acceptors (Lipinski definition) is 4. The Bertz CT molecular complexity index is 716. The van der Waals surface area contributed by atoms with Crippen molar-refractivity contribution in [3.63, 3.8) is 0 Å². The first-order chi connectivity index (χ1) is 11.6. The maximum absolute atomic E-state index is 12.4. The predicted octanol–water partition coefficient (Wildman–Crippen LogP) is 3.50. The molecule has 0 atom stereocenters. The molecule has 6 heteroatoms. The van der Waals surface area contributed by atoms with E-state index in [2.05, 4.69) is 27.9 Å². The maximum atomic E-state index is 12.4. The topological polar surface area (TPSA) is 83.1 Å². The van der Waals surface area contributed by atoms with Crippen molar-refractivity contribution < 1.29 is 9.59 Å². The summed E-state index contributed by atoms with van der Waals surface area (Å²) in [6, 6.07) is 10.4. The normalized spacial score (nSPS) is 10.1. The molecule has 0 spiro atoms. The quantitative estimate of drug-likeness (QED) is 0.680. The van der Waals surface area contributed by atoms with Crippen LogP contribution in [0.2, 0.25) is 0 Å². The zero-order valence-corrected chi connectivity index (χ0v) is 13.9. The van der Waals surface area contributed by atoms with Gasteiger partial charge in [0.25, 0.3) is 5.91 Å². The van der Waals surface area contributed by atoms with Gasteiger partial charge in [-0.3, -0.25) is 9.59 Å². The van der Waals surface area contributed by atoms with Gasteiger partial charge >= 0.3 is 0 Å². The number of amides is 2. The highest BCUT2D eigenvalue weighted by Crippen LogP contribution is 2.16. The number of nitrogens with zero attached hydrogens (tertiary/aromatic N) is 1. The van der Waals surface area contributed by atoms with E-state index in [9.17, 15) is 9.59 Å². The average Bonchev–Trinajstić information content (AvgIpc) is 2.55. The number of carbonyl (C=O) groups excluding carboxylic acids is 2. The lowest BCUT2D eigenvalue weighted by atomic mass is 10.2. The van der Waals surface area contributed by atoms with Crippen LogP contribution in [0.3, 0.4) is 0 Å². The molecular formula is C18H22N4O2. The number of benzene rings is 1. The molecule has 0 saturated heterocycles. The van der Waals surface area contributed by atoms with Crippen LogP contribution < -0.4 is 16.0 Å². The van der Waals surface area contributed by atoms with Crippen molar-refractivity contribution in [2.24, 2.45) is 0 Å². The smallest absolute Gasteiger partial charge is 0.255 e. The minimum Gasteiger partial charge on any atom is -0.370 e. The molecule has 126 valence electrons. The molecule has 0 saturated carbocycles. The van der Waals surface area contributed by atoms with Crippen molar-refractivity contribution in [2.45, 2.75) is 26.7 Å². The first-order valence-corrected chi connectivity index (χ1v) is 7.97. The van der Waals surface area contributed by atoms with Crippen LogP contribution in [-0.4, -0.2) is 23.3 Å². The molecule has 1 aromatic carbocycles. The Balaban J connectivity index is 2.04. The van der Waals surface area contributed by atoms with Crippen molar-refractivity contribution >= 4 is 29.0 Å². The highest BCUT2D eigenvalue weighted by molar-refractivity contribution is 6.05. The van der Waals surface area contributed by atoms with Crippen LogP contribution in [0.15, 0.2) is 42.6 Å². The lowest BCUT2D eigenvalue weighted by Crippen LogP contribution is -2.13. The van der Waals surface area contributed by atoms with Gasteiger partial charge in [-0.2, -0.15) is 0 Å². The molecule has 1 aromatic heterocycles. The molecule has 0 unspecified atom stereocenters. The van der Waals surface area contributed by atoms with Crippen LogP contribution in [0.5, 0.6) is 0 Å². The maximum Gasteiger partial charge on any atom is 0.255 e. The Labute approximate surface area is 141 Å². The lowest BCUT2D eigenvalue weighted by molar-refractivity contribution is -0.114. The SMILES string of the molecule is CCCCNc1cc(C(=O)Nc2cccc(NC(C)=O)c2)ccn1. The fraction of sp³-hybridized carbons (Fsp3) is 0.278. The van der Waals surface area contributed by atoms with Crippen LogP contribution >= 0.6 is 0 Å². The van der Waals surface area contributed by atoms with Crippen molar-refractivity contribution in [1.82, 2.24) is 4.98 Å². The predicted molar refractivity (Wildman–Crippen MR) is 96.3 cm³/mol. The van der Waals surface area contributed by atoms with Gasteiger partial charge in [0.15, 0.2) is 0 Å². The van der Waals surface area contributed by atoms with Crippen LogP contribution in [0.25, 0.3) is 0 Å². The van der Waals surface area contributed by atoms with E-state index >= 15 is 0 Å². The third kappa shape index (κ3) is 5.39. The summed E-state index contributed by atoms with van der Waals surface area (Å²) in [6.07, 6.45) is 3.75. The number of unbranched alkanes of at least 4 members (excludes halogenated alkanes) is 1. The van der Waals surface area contributed by atoms with Gasteiger partial charge in [0.2, 0.25) is 5.91 Å². The first-order valence-electron chi connectivity index (χ1n) is 7.97. The van der Waals surface area contributed by atoms with Gasteiger partial charge in [0.1, 0.15) is 5.82 Å². The second-order valence-electron chi connectivity index (χ2n) is 5.43. The molecule has 6 nitrogen and oxygen atoms in total. The molecule has 2 rings (SSSR count). The van der Waals surface area contributed by atoms with E-state index < -0.39 is 0 Å². The van der Waals surface area contributed by atoms with Gasteiger partial charge in [0.05, 0.1) is 0 Å². The largest absolute Gasteiger partial charge is 0.370 e. The zero-order valence-electron chi connectivity index (χ0n) is 13.9. The molecule has 2 amide bonds. The molecule has 2 aromatic rings. The van der Waals surface area contributed by atoms with E-state index in [1.807, 2.05) is 0 Å². The average molecular weight is 326 g/mol. The summed E-state index contributed by atoms with van der Waals surface area (Å²) in [5.41, 5.74) is 1.77. The molecule has 0 fully saturated rings. The Morgan fingerprint density at radius 1 is 1.08 bits per heavy atom. The monoisotopic (exact) mass is 326 g/mol. The number of hydrogen-bond donors (Lipinski definition) is 3. The van der Waals surface area contributed by atoms with Crippen molar-refractivity contribution in [3.8, 4) is 0 Å². The Kier molecular flexibility index (Phi) is 6.31. The van der Waals surface area contributed by atoms with Crippen molar-refractivity contribution in [1.29, 1.82) is 0 Å². The summed E-state index contributed by atoms with van der Waals surface area (Å²) >= 11 is 0. The number of nitrogens with one attached hydrogen (secondary N) is 3. The van der Waals surface area contributed by atoms with Gasteiger partial charge in [-0.15, -0.1) is 0 Å². The Morgan fingerprint density at radius 2 is 1.83 bits per heavy atom. The Hall–Kier alpha value is -2.89. The number of pyridine rings is 1. The summed E-state index contributed by atoms with van der Waals surface area (Å²) < 4.78 is 0. The summed E-state index contributed by atoms with van der Waals surface area (Å²) in [5, 5.41) is 8.70. The highest BCUT2D eigenvalue weighted by atomic mass is 16.2. The van der Waals surface area contributed by atoms with Gasteiger partial charge < -0.3 is 16.0 Å². The molecule has 0 aliphatic rings. The van der Waals surface area contributed by atoms with Gasteiger partial charge in [-0.05, 0) is 36.8 Å². The van der Waals surface area contributed by atoms with E-state index in [0.717, 1.165) is 19.4 Å². The molecular weight excluding hydrogens is 304 g/mol. The summed E-state index contributed by atoms with van der Waals surface area (Å²) in [5.74, 6) is 0.300. The molecule has 0 radical (unpaired) electrons. The third-order valence-electron chi connectivity index (χ3n) is 3.30. The van der Waals surface area contributed by atoms with Crippen LogP contribution in [0.4, 0.5) is 17.2 Å². The van der Waals surface area contributed by atoms with Crippen LogP contribution in [-0.2, 0) is 4.79 Å². The van der Waals surface area contributed by atoms with Gasteiger partial charge in [-0.1, -0.05) is 19.4 Å². The van der Waals surface area contributed by atoms with E-state index in [1.54, 1.807) is 42.6 Å². The fourth-order valence-electron chi connectivity index (χ4n) is 2.14. The van der Waals surface area contributed by atoms with E-state index in [1.165, 1.54) is 6.92 Å². The minimum atomic E-state index is -0.226. The molecule has 0 aliphatic heterocycles. The van der Waals surface area contributed by atoms with Crippen molar-refractivity contribution in [2.75, 3.05) is 22.5 Å². The zero-order chi connectivity index (χ0) is 17.4. The minimum absolute atomic E-state index is 0.157. The number of rotatable bonds is 7. The molecule has 0 aliphatic carbocycles. The van der Waals surface area contributed by atoms with Crippen LogP contribution in [0, 0.1) is 0 Å². The van der Waals surface area contributed by atoms with Gasteiger partial charge in [0, 0.05) is 36.6 Å². The van der Waals surface area contributed by atoms with Gasteiger partial charge in [-0.25, -0.2) is 4.98 Å².